The van der Waals surface area contributed by atoms with Crippen LogP contribution in [-0.2, 0) is 6.73 Å². The Morgan fingerprint density at radius 2 is 1.85 bits per heavy atom. The summed E-state index contributed by atoms with van der Waals surface area (Å²) in [6.07, 6.45) is 1.70. The van der Waals surface area contributed by atoms with E-state index in [1.165, 1.54) is 5.56 Å². The van der Waals surface area contributed by atoms with Crippen LogP contribution >= 0.6 is 22.9 Å². The number of nitrogens with one attached hydrogen (secondary N) is 1. The van der Waals surface area contributed by atoms with Crippen LogP contribution in [-0.4, -0.2) is 20.7 Å². The molecule has 0 aliphatic heterocycles. The number of hydrogen-bond acceptors (Lipinski definition) is 5. The predicted octanol–water partition coefficient (Wildman–Crippen LogP) is 6.41. The topological polar surface area (TPSA) is 69.0 Å². The zero-order valence-corrected chi connectivity index (χ0v) is 19.2. The van der Waals surface area contributed by atoms with Crippen LogP contribution in [0.25, 0.3) is 20.8 Å². The van der Waals surface area contributed by atoms with Gasteiger partial charge in [0.15, 0.2) is 12.4 Å². The first kappa shape index (κ1) is 21.2. The fourth-order valence-corrected chi connectivity index (χ4v) is 4.47. The van der Waals surface area contributed by atoms with Crippen molar-refractivity contribution in [2.75, 3.05) is 5.32 Å². The van der Waals surface area contributed by atoms with E-state index in [2.05, 4.69) is 29.5 Å². The fraction of sp³-hybridized carbons (Fsp3) is 0.0800. The number of ether oxygens (including phenoxy) is 1. The second-order valence-electron chi connectivity index (χ2n) is 7.49. The zero-order chi connectivity index (χ0) is 22.8. The van der Waals surface area contributed by atoms with E-state index in [-0.39, 0.29) is 12.6 Å². The number of benzene rings is 3. The number of carbonyl (C=O) groups is 1. The van der Waals surface area contributed by atoms with Crippen LogP contribution in [0.1, 0.15) is 16.1 Å². The molecule has 0 saturated carbocycles. The molecule has 2 heterocycles. The van der Waals surface area contributed by atoms with Crippen LogP contribution in [0.3, 0.4) is 0 Å². The van der Waals surface area contributed by atoms with Crippen LogP contribution in [0.5, 0.6) is 5.75 Å². The van der Waals surface area contributed by atoms with Gasteiger partial charge in [-0.3, -0.25) is 4.79 Å². The monoisotopic (exact) mass is 474 g/mol. The van der Waals surface area contributed by atoms with E-state index < -0.39 is 0 Å². The van der Waals surface area contributed by atoms with Gasteiger partial charge in [-0.2, -0.15) is 5.10 Å². The minimum atomic E-state index is -0.288. The summed E-state index contributed by atoms with van der Waals surface area (Å²) in [5.41, 5.74) is 4.21. The normalized spacial score (nSPS) is 11.0. The molecule has 0 spiro atoms. The quantitative estimate of drug-likeness (QED) is 0.308. The Labute approximate surface area is 199 Å². The molecule has 5 aromatic rings. The summed E-state index contributed by atoms with van der Waals surface area (Å²) in [6.45, 7) is 2.26. The Hall–Kier alpha value is -3.68. The lowest BCUT2D eigenvalue weighted by Crippen LogP contribution is -2.14. The smallest absolute Gasteiger partial charge is 0.276 e. The minimum Gasteiger partial charge on any atom is -0.471 e. The number of aryl methyl sites for hydroxylation is 1. The first-order valence-electron chi connectivity index (χ1n) is 10.2. The standard InChI is InChI=1S/C25H19ClN4O2S/c1-16-2-11-21-23(14-16)33-25(28-21)17-3-7-19(8-4-17)27-24(31)22-12-13-30(29-22)15-32-20-9-5-18(26)6-10-20/h2-14H,15H2,1H3,(H,27,31). The Kier molecular flexibility index (Phi) is 5.81. The molecule has 0 unspecified atom stereocenters. The van der Waals surface area contributed by atoms with E-state index in [0.717, 1.165) is 20.8 Å². The van der Waals surface area contributed by atoms with Gasteiger partial charge in [-0.25, -0.2) is 9.67 Å². The molecule has 0 atom stereocenters. The molecule has 0 aliphatic rings. The Morgan fingerprint density at radius 3 is 2.64 bits per heavy atom. The van der Waals surface area contributed by atoms with Gasteiger partial charge in [0.2, 0.25) is 0 Å². The molecule has 0 aliphatic carbocycles. The summed E-state index contributed by atoms with van der Waals surface area (Å²) in [4.78, 5) is 17.3. The van der Waals surface area contributed by atoms with Crippen LogP contribution in [0.2, 0.25) is 5.02 Å². The van der Waals surface area contributed by atoms with Crippen molar-refractivity contribution in [2.24, 2.45) is 0 Å². The summed E-state index contributed by atoms with van der Waals surface area (Å²) in [5.74, 6) is 0.382. The molecule has 6 nitrogen and oxygen atoms in total. The number of fused-ring (bicyclic) bond motifs is 1. The molecular formula is C25H19ClN4O2S. The van der Waals surface area contributed by atoms with Gasteiger partial charge >= 0.3 is 0 Å². The predicted molar refractivity (Wildman–Crippen MR) is 132 cm³/mol. The zero-order valence-electron chi connectivity index (χ0n) is 17.7. The maximum atomic E-state index is 12.6. The van der Waals surface area contributed by atoms with E-state index in [0.29, 0.717) is 22.2 Å². The largest absolute Gasteiger partial charge is 0.471 e. The first-order valence-corrected chi connectivity index (χ1v) is 11.4. The molecule has 164 valence electrons. The van der Waals surface area contributed by atoms with E-state index in [1.807, 2.05) is 30.3 Å². The highest BCUT2D eigenvalue weighted by Crippen LogP contribution is 2.31. The van der Waals surface area contributed by atoms with E-state index in [9.17, 15) is 4.79 Å². The highest BCUT2D eigenvalue weighted by Gasteiger charge is 2.11. The molecule has 1 amide bonds. The summed E-state index contributed by atoms with van der Waals surface area (Å²) in [6, 6.07) is 22.6. The molecule has 0 saturated heterocycles. The molecule has 33 heavy (non-hydrogen) atoms. The van der Waals surface area contributed by atoms with Crippen LogP contribution in [0, 0.1) is 6.92 Å². The van der Waals surface area contributed by atoms with E-state index >= 15 is 0 Å². The molecule has 5 rings (SSSR count). The molecule has 8 heteroatoms. The van der Waals surface area contributed by atoms with Gasteiger partial charge in [0.05, 0.1) is 10.2 Å². The van der Waals surface area contributed by atoms with Gasteiger partial charge in [0, 0.05) is 22.5 Å². The van der Waals surface area contributed by atoms with Gasteiger partial charge in [-0.15, -0.1) is 11.3 Å². The number of halogens is 1. The maximum Gasteiger partial charge on any atom is 0.276 e. The average molecular weight is 475 g/mol. The highest BCUT2D eigenvalue weighted by atomic mass is 35.5. The van der Waals surface area contributed by atoms with Crippen molar-refractivity contribution in [3.63, 3.8) is 0 Å². The Morgan fingerprint density at radius 1 is 1.06 bits per heavy atom. The van der Waals surface area contributed by atoms with E-state index in [4.69, 9.17) is 21.3 Å². The van der Waals surface area contributed by atoms with Crippen molar-refractivity contribution in [1.82, 2.24) is 14.8 Å². The third-order valence-corrected chi connectivity index (χ3v) is 6.30. The lowest BCUT2D eigenvalue weighted by atomic mass is 10.2. The average Bonchev–Trinajstić information content (AvgIpc) is 3.46. The Balaban J connectivity index is 1.22. The summed E-state index contributed by atoms with van der Waals surface area (Å²) in [7, 11) is 0. The molecule has 0 radical (unpaired) electrons. The number of hydrogen-bond donors (Lipinski definition) is 1. The minimum absolute atomic E-state index is 0.186. The number of thiazole rings is 1. The molecule has 0 fully saturated rings. The van der Waals surface area contributed by atoms with Gasteiger partial charge in [0.1, 0.15) is 10.8 Å². The molecular weight excluding hydrogens is 456 g/mol. The van der Waals surface area contributed by atoms with Crippen LogP contribution < -0.4 is 10.1 Å². The molecule has 3 aromatic carbocycles. The first-order chi connectivity index (χ1) is 16.0. The molecule has 2 aromatic heterocycles. The Bertz CT molecular complexity index is 1430. The SMILES string of the molecule is Cc1ccc2nc(-c3ccc(NC(=O)c4ccn(COc5ccc(Cl)cc5)n4)cc3)sc2c1. The second kappa shape index (κ2) is 9.05. The number of carbonyl (C=O) groups excluding carboxylic acids is 1. The van der Waals surface area contributed by atoms with Crippen molar-refractivity contribution < 1.29 is 9.53 Å². The van der Waals surface area contributed by atoms with Crippen molar-refractivity contribution in [2.45, 2.75) is 13.7 Å². The third kappa shape index (κ3) is 4.89. The van der Waals surface area contributed by atoms with Gasteiger partial charge in [-0.05, 0) is 79.2 Å². The lowest BCUT2D eigenvalue weighted by Gasteiger charge is -2.06. The van der Waals surface area contributed by atoms with Crippen LogP contribution in [0.4, 0.5) is 5.69 Å². The number of nitrogens with zero attached hydrogens (tertiary/aromatic N) is 3. The number of rotatable bonds is 6. The van der Waals surface area contributed by atoms with E-state index in [1.54, 1.807) is 52.5 Å². The summed E-state index contributed by atoms with van der Waals surface area (Å²) < 4.78 is 8.37. The number of amides is 1. The number of aromatic nitrogens is 3. The molecule has 1 N–H and O–H groups in total. The second-order valence-corrected chi connectivity index (χ2v) is 8.96. The van der Waals surface area contributed by atoms with Gasteiger partial charge in [0.25, 0.3) is 5.91 Å². The highest BCUT2D eigenvalue weighted by molar-refractivity contribution is 7.21. The van der Waals surface area contributed by atoms with Crippen LogP contribution in [0.15, 0.2) is 79.0 Å². The fourth-order valence-electron chi connectivity index (χ4n) is 3.27. The van der Waals surface area contributed by atoms with Gasteiger partial charge in [-0.1, -0.05) is 17.7 Å². The van der Waals surface area contributed by atoms with Gasteiger partial charge < -0.3 is 10.1 Å². The van der Waals surface area contributed by atoms with Crippen molar-refractivity contribution in [3.8, 4) is 16.3 Å². The van der Waals surface area contributed by atoms with Crippen molar-refractivity contribution in [3.05, 3.63) is 95.3 Å². The molecule has 0 bridgehead atoms. The number of anilines is 1. The maximum absolute atomic E-state index is 12.6. The summed E-state index contributed by atoms with van der Waals surface area (Å²) >= 11 is 7.53. The third-order valence-electron chi connectivity index (χ3n) is 4.98. The summed E-state index contributed by atoms with van der Waals surface area (Å²) in [5, 5.41) is 8.75. The van der Waals surface area contributed by atoms with Crippen molar-refractivity contribution >= 4 is 44.7 Å². The van der Waals surface area contributed by atoms with Crippen molar-refractivity contribution in [1.29, 1.82) is 0 Å². The lowest BCUT2D eigenvalue weighted by molar-refractivity contribution is 0.102.